The number of carbonyl (C=O) groups is 1. The van der Waals surface area contributed by atoms with Gasteiger partial charge in [-0.2, -0.15) is 0 Å². The zero-order chi connectivity index (χ0) is 13.2. The number of furan rings is 1. The Hall–Kier alpha value is -2.23. The van der Waals surface area contributed by atoms with Crippen LogP contribution in [0.3, 0.4) is 0 Å². The van der Waals surface area contributed by atoms with E-state index in [4.69, 9.17) is 4.42 Å². The molecule has 0 spiro atoms. The highest BCUT2D eigenvalue weighted by Gasteiger charge is 2.23. The number of carboxylic acids is 1. The molecule has 0 fully saturated rings. The lowest BCUT2D eigenvalue weighted by atomic mass is 9.93. The summed E-state index contributed by atoms with van der Waals surface area (Å²) in [5, 5.41) is 12.5. The van der Waals surface area contributed by atoms with Crippen LogP contribution in [0.15, 0.2) is 41.0 Å². The fourth-order valence-corrected chi connectivity index (χ4v) is 2.62. The van der Waals surface area contributed by atoms with E-state index in [1.807, 2.05) is 12.1 Å². The Morgan fingerprint density at radius 2 is 2.16 bits per heavy atom. The van der Waals surface area contributed by atoms with E-state index in [0.717, 1.165) is 30.6 Å². The summed E-state index contributed by atoms with van der Waals surface area (Å²) in [7, 11) is 0. The normalized spacial score (nSPS) is 17.8. The molecule has 98 valence electrons. The number of benzene rings is 1. The van der Waals surface area contributed by atoms with Crippen LogP contribution in [0, 0.1) is 0 Å². The smallest absolute Gasteiger partial charge is 0.337 e. The van der Waals surface area contributed by atoms with Crippen molar-refractivity contribution in [3.8, 4) is 0 Å². The minimum Gasteiger partial charge on any atom is -0.478 e. The first-order valence-corrected chi connectivity index (χ1v) is 6.41. The Labute approximate surface area is 111 Å². The molecule has 4 nitrogen and oxygen atoms in total. The van der Waals surface area contributed by atoms with Crippen LogP contribution < -0.4 is 5.32 Å². The molecule has 1 unspecified atom stereocenters. The second-order valence-electron chi connectivity index (χ2n) is 4.74. The lowest BCUT2D eigenvalue weighted by molar-refractivity contribution is 0.0698. The van der Waals surface area contributed by atoms with Gasteiger partial charge in [-0.05, 0) is 31.0 Å². The van der Waals surface area contributed by atoms with Gasteiger partial charge in [0, 0.05) is 17.7 Å². The van der Waals surface area contributed by atoms with Gasteiger partial charge < -0.3 is 14.8 Å². The van der Waals surface area contributed by atoms with Crippen LogP contribution in [-0.4, -0.2) is 11.1 Å². The van der Waals surface area contributed by atoms with Gasteiger partial charge in [-0.15, -0.1) is 0 Å². The molecule has 0 radical (unpaired) electrons. The highest BCUT2D eigenvalue weighted by Crippen LogP contribution is 2.33. The van der Waals surface area contributed by atoms with Crippen molar-refractivity contribution in [2.75, 3.05) is 5.32 Å². The van der Waals surface area contributed by atoms with Gasteiger partial charge in [-0.25, -0.2) is 4.79 Å². The highest BCUT2D eigenvalue weighted by atomic mass is 16.4. The summed E-state index contributed by atoms with van der Waals surface area (Å²) in [5.74, 6) is 0.0999. The van der Waals surface area contributed by atoms with Crippen LogP contribution in [0.25, 0.3) is 0 Å². The van der Waals surface area contributed by atoms with Gasteiger partial charge in [0.25, 0.3) is 0 Å². The minimum absolute atomic E-state index is 0.128. The molecule has 0 saturated carbocycles. The zero-order valence-corrected chi connectivity index (χ0v) is 10.4. The Morgan fingerprint density at radius 1 is 1.32 bits per heavy atom. The van der Waals surface area contributed by atoms with Gasteiger partial charge in [0.1, 0.15) is 5.76 Å². The average Bonchev–Trinajstić information content (AvgIpc) is 2.88. The van der Waals surface area contributed by atoms with Crippen LogP contribution in [0.1, 0.15) is 40.6 Å². The quantitative estimate of drug-likeness (QED) is 0.883. The number of carboxylic acid groups (broad SMARTS) is 1. The summed E-state index contributed by atoms with van der Waals surface area (Å²) < 4.78 is 5.45. The third-order valence-electron chi connectivity index (χ3n) is 3.54. The number of anilines is 1. The predicted octanol–water partition coefficient (Wildman–Crippen LogP) is 3.47. The standard InChI is InChI=1S/C15H15NO3/c17-15(18)11-4-1-2-5-13(11)16-12-6-3-7-14-10(12)8-9-19-14/h1-2,4-5,8-9,12,16H,3,6-7H2,(H,17,18). The molecule has 1 heterocycles. The summed E-state index contributed by atoms with van der Waals surface area (Å²) in [5.41, 5.74) is 2.11. The molecule has 1 aliphatic carbocycles. The Kier molecular flexibility index (Phi) is 2.99. The molecule has 1 aromatic carbocycles. The van der Waals surface area contributed by atoms with Gasteiger partial charge in [0.05, 0.1) is 17.9 Å². The van der Waals surface area contributed by atoms with Crippen LogP contribution in [0.4, 0.5) is 5.69 Å². The summed E-state index contributed by atoms with van der Waals surface area (Å²) in [6, 6.07) is 9.09. The highest BCUT2D eigenvalue weighted by molar-refractivity contribution is 5.94. The number of aryl methyl sites for hydroxylation is 1. The molecule has 0 saturated heterocycles. The molecule has 1 aromatic heterocycles. The lowest BCUT2D eigenvalue weighted by Gasteiger charge is -2.24. The number of nitrogens with one attached hydrogen (secondary N) is 1. The van der Waals surface area contributed by atoms with E-state index in [0.29, 0.717) is 11.3 Å². The predicted molar refractivity (Wildman–Crippen MR) is 71.4 cm³/mol. The Morgan fingerprint density at radius 3 is 3.00 bits per heavy atom. The van der Waals surface area contributed by atoms with Gasteiger partial charge in [0.15, 0.2) is 0 Å². The van der Waals surface area contributed by atoms with E-state index in [2.05, 4.69) is 5.32 Å². The van der Waals surface area contributed by atoms with Crippen molar-refractivity contribution in [3.63, 3.8) is 0 Å². The zero-order valence-electron chi connectivity index (χ0n) is 10.4. The lowest BCUT2D eigenvalue weighted by Crippen LogP contribution is -2.17. The van der Waals surface area contributed by atoms with Crippen molar-refractivity contribution in [2.24, 2.45) is 0 Å². The molecule has 2 aromatic rings. The first-order valence-electron chi connectivity index (χ1n) is 6.41. The molecular weight excluding hydrogens is 242 g/mol. The number of rotatable bonds is 3. The number of fused-ring (bicyclic) bond motifs is 1. The van der Waals surface area contributed by atoms with Gasteiger partial charge in [-0.1, -0.05) is 12.1 Å². The summed E-state index contributed by atoms with van der Waals surface area (Å²) in [6.07, 6.45) is 4.70. The molecule has 1 aliphatic rings. The van der Waals surface area contributed by atoms with Crippen LogP contribution in [-0.2, 0) is 6.42 Å². The van der Waals surface area contributed by atoms with Gasteiger partial charge >= 0.3 is 5.97 Å². The SMILES string of the molecule is O=C(O)c1ccccc1NC1CCCc2occc21. The van der Waals surface area contributed by atoms with Crippen molar-refractivity contribution < 1.29 is 14.3 Å². The molecule has 0 amide bonds. The van der Waals surface area contributed by atoms with E-state index in [1.165, 1.54) is 0 Å². The van der Waals surface area contributed by atoms with Crippen LogP contribution >= 0.6 is 0 Å². The molecular formula is C15H15NO3. The van der Waals surface area contributed by atoms with E-state index in [9.17, 15) is 9.90 Å². The van der Waals surface area contributed by atoms with E-state index in [-0.39, 0.29) is 6.04 Å². The second kappa shape index (κ2) is 4.80. The molecule has 1 atom stereocenters. The monoisotopic (exact) mass is 257 g/mol. The maximum atomic E-state index is 11.2. The fraction of sp³-hybridized carbons (Fsp3) is 0.267. The van der Waals surface area contributed by atoms with Gasteiger partial charge in [0.2, 0.25) is 0 Å². The number of hydrogen-bond donors (Lipinski definition) is 2. The van der Waals surface area contributed by atoms with Crippen molar-refractivity contribution >= 4 is 11.7 Å². The summed E-state index contributed by atoms with van der Waals surface area (Å²) >= 11 is 0. The van der Waals surface area contributed by atoms with Crippen molar-refractivity contribution in [1.29, 1.82) is 0 Å². The second-order valence-corrected chi connectivity index (χ2v) is 4.74. The fourth-order valence-electron chi connectivity index (χ4n) is 2.62. The molecule has 4 heteroatoms. The van der Waals surface area contributed by atoms with Crippen LogP contribution in [0.2, 0.25) is 0 Å². The average molecular weight is 257 g/mol. The maximum absolute atomic E-state index is 11.2. The number of aromatic carboxylic acids is 1. The maximum Gasteiger partial charge on any atom is 0.337 e. The summed E-state index contributed by atoms with van der Waals surface area (Å²) in [4.78, 5) is 11.2. The number of hydrogen-bond acceptors (Lipinski definition) is 3. The van der Waals surface area contributed by atoms with Crippen molar-refractivity contribution in [3.05, 3.63) is 53.5 Å². The van der Waals surface area contributed by atoms with Crippen molar-refractivity contribution in [1.82, 2.24) is 0 Å². The minimum atomic E-state index is -0.911. The molecule has 0 bridgehead atoms. The molecule has 19 heavy (non-hydrogen) atoms. The topological polar surface area (TPSA) is 62.5 Å². The number of para-hydroxylation sites is 1. The van der Waals surface area contributed by atoms with E-state index >= 15 is 0 Å². The summed E-state index contributed by atoms with van der Waals surface area (Å²) in [6.45, 7) is 0. The first kappa shape index (κ1) is 11.8. The Bertz CT molecular complexity index is 603. The van der Waals surface area contributed by atoms with Crippen molar-refractivity contribution in [2.45, 2.75) is 25.3 Å². The Balaban J connectivity index is 1.90. The third kappa shape index (κ3) is 2.21. The molecule has 0 aliphatic heterocycles. The van der Waals surface area contributed by atoms with Gasteiger partial charge in [-0.3, -0.25) is 0 Å². The van der Waals surface area contributed by atoms with Crippen LogP contribution in [0.5, 0.6) is 0 Å². The molecule has 3 rings (SSSR count). The van der Waals surface area contributed by atoms with E-state index < -0.39 is 5.97 Å². The van der Waals surface area contributed by atoms with E-state index in [1.54, 1.807) is 24.5 Å². The first-order chi connectivity index (χ1) is 9.25. The molecule has 2 N–H and O–H groups in total. The largest absolute Gasteiger partial charge is 0.478 e. The third-order valence-corrected chi connectivity index (χ3v) is 3.54.